The first-order valence-corrected chi connectivity index (χ1v) is 22.3. The molecule has 0 atom stereocenters. The third-order valence-electron chi connectivity index (χ3n) is 9.47. The van der Waals surface area contributed by atoms with E-state index in [1.807, 2.05) is 86.6 Å². The third kappa shape index (κ3) is 13.1. The first-order chi connectivity index (χ1) is 29.5. The Bertz CT molecular complexity index is 2640. The van der Waals surface area contributed by atoms with Crippen LogP contribution in [0.4, 0.5) is 11.4 Å². The van der Waals surface area contributed by atoms with Crippen molar-refractivity contribution in [2.75, 3.05) is 10.6 Å². The molecule has 0 saturated carbocycles. The second-order valence-electron chi connectivity index (χ2n) is 13.9. The van der Waals surface area contributed by atoms with Gasteiger partial charge in [-0.1, -0.05) is 35.4 Å². The Kier molecular flexibility index (Phi) is 15.7. The molecule has 0 fully saturated rings. The molecule has 2 amide bonds. The van der Waals surface area contributed by atoms with E-state index >= 15 is 0 Å². The zero-order valence-electron chi connectivity index (χ0n) is 34.6. The van der Waals surface area contributed by atoms with Gasteiger partial charge in [-0.05, 0) is 137 Å². The second-order valence-corrected chi connectivity index (χ2v) is 16.7. The van der Waals surface area contributed by atoms with Crippen LogP contribution >= 0.6 is 0 Å². The largest absolute Gasteiger partial charge is 0.744 e. The highest BCUT2D eigenvalue weighted by molar-refractivity contribution is 7.86. The number of hydrogen-bond donors (Lipinski definition) is 2. The molecule has 2 aromatic heterocycles. The summed E-state index contributed by atoms with van der Waals surface area (Å²) in [5, 5.41) is 5.87. The molecular weight excluding hydrogens is 825 g/mol. The Balaban J connectivity index is 0.000000267. The van der Waals surface area contributed by atoms with Crippen molar-refractivity contribution in [2.45, 2.75) is 50.6 Å². The number of pyridine rings is 2. The predicted molar refractivity (Wildman–Crippen MR) is 236 cm³/mol. The molecule has 0 aliphatic carbocycles. The van der Waals surface area contributed by atoms with E-state index in [1.165, 1.54) is 24.3 Å². The molecule has 2 heterocycles. The van der Waals surface area contributed by atoms with Gasteiger partial charge in [0.05, 0.1) is 9.79 Å². The first kappa shape index (κ1) is 46.2. The van der Waals surface area contributed by atoms with Crippen molar-refractivity contribution in [3.63, 3.8) is 0 Å². The number of nitrogens with zero attached hydrogens (tertiary/aromatic N) is 2. The lowest BCUT2D eigenvalue weighted by molar-refractivity contribution is -0.683. The quantitative estimate of drug-likeness (QED) is 0.103. The monoisotopic (exact) mass is 870 g/mol. The highest BCUT2D eigenvalue weighted by atomic mass is 32.2. The van der Waals surface area contributed by atoms with Crippen molar-refractivity contribution in [3.8, 4) is 22.5 Å². The SMILES string of the molecule is CC[n+]1ccccc1-c1ccc(NC(=O)c2ccc(C(=O)Nc3ccc(-c4cccc[n+]4CC)cc3)cc2)cc1.Cc1ccc(S(=O)(=O)[O-])cc1.Cc1ccc(S(=O)(=O)[O-])cc1. The van der Waals surface area contributed by atoms with Crippen LogP contribution in [0.1, 0.15) is 45.7 Å². The fourth-order valence-corrected chi connectivity index (χ4v) is 7.01. The van der Waals surface area contributed by atoms with Crippen molar-refractivity contribution in [3.05, 3.63) is 192 Å². The minimum Gasteiger partial charge on any atom is -0.744 e. The highest BCUT2D eigenvalue weighted by Gasteiger charge is 2.14. The molecule has 7 aromatic rings. The van der Waals surface area contributed by atoms with Crippen LogP contribution in [0.25, 0.3) is 22.5 Å². The molecule has 5 aromatic carbocycles. The number of benzene rings is 5. The number of carbonyl (C=O) groups excluding carboxylic acids is 2. The van der Waals surface area contributed by atoms with Gasteiger partial charge in [-0.15, -0.1) is 0 Å². The summed E-state index contributed by atoms with van der Waals surface area (Å²) in [7, 11) is -8.54. The molecule has 7 rings (SSSR count). The fourth-order valence-electron chi connectivity index (χ4n) is 6.07. The smallest absolute Gasteiger partial charge is 0.255 e. The highest BCUT2D eigenvalue weighted by Crippen LogP contribution is 2.21. The third-order valence-corrected chi connectivity index (χ3v) is 11.2. The van der Waals surface area contributed by atoms with E-state index in [0.717, 1.165) is 46.7 Å². The summed E-state index contributed by atoms with van der Waals surface area (Å²) in [6.07, 6.45) is 4.11. The molecule has 0 unspecified atom stereocenters. The summed E-state index contributed by atoms with van der Waals surface area (Å²) in [5.41, 5.74) is 8.62. The van der Waals surface area contributed by atoms with Gasteiger partial charge >= 0.3 is 0 Å². The van der Waals surface area contributed by atoms with Crippen molar-refractivity contribution in [2.24, 2.45) is 0 Å². The Labute approximate surface area is 362 Å². The summed E-state index contributed by atoms with van der Waals surface area (Å²) in [6.45, 7) is 9.61. The number of rotatable bonds is 10. The van der Waals surface area contributed by atoms with Gasteiger partial charge in [-0.2, -0.15) is 9.13 Å². The summed E-state index contributed by atoms with van der Waals surface area (Å²) in [5.74, 6) is -0.465. The van der Waals surface area contributed by atoms with E-state index in [2.05, 4.69) is 58.1 Å². The van der Waals surface area contributed by atoms with Gasteiger partial charge in [0.25, 0.3) is 11.8 Å². The van der Waals surface area contributed by atoms with Crippen molar-refractivity contribution in [1.29, 1.82) is 0 Å². The number of aryl methyl sites for hydroxylation is 4. The van der Waals surface area contributed by atoms with Crippen LogP contribution in [-0.4, -0.2) is 37.8 Å². The number of hydrogen-bond acceptors (Lipinski definition) is 8. The minimum absolute atomic E-state index is 0.178. The molecular formula is C48H46N4O8S2. The molecule has 0 radical (unpaired) electrons. The van der Waals surface area contributed by atoms with Gasteiger partial charge in [0, 0.05) is 57.9 Å². The maximum Gasteiger partial charge on any atom is 0.255 e. The number of nitrogens with one attached hydrogen (secondary N) is 2. The minimum atomic E-state index is -4.27. The topological polar surface area (TPSA) is 180 Å². The maximum atomic E-state index is 12.8. The van der Waals surface area contributed by atoms with Gasteiger partial charge in [-0.25, -0.2) is 16.8 Å². The van der Waals surface area contributed by atoms with Crippen LogP contribution in [0.2, 0.25) is 0 Å². The Morgan fingerprint density at radius 3 is 1.08 bits per heavy atom. The van der Waals surface area contributed by atoms with E-state index in [0.29, 0.717) is 22.5 Å². The molecule has 0 aliphatic heterocycles. The summed E-state index contributed by atoms with van der Waals surface area (Å²) in [4.78, 5) is 25.3. The van der Waals surface area contributed by atoms with Crippen molar-refractivity contribution >= 4 is 43.4 Å². The van der Waals surface area contributed by atoms with Crippen LogP contribution in [0, 0.1) is 13.8 Å². The second kappa shape index (κ2) is 21.1. The lowest BCUT2D eigenvalue weighted by Crippen LogP contribution is -2.34. The van der Waals surface area contributed by atoms with Gasteiger partial charge in [0.2, 0.25) is 11.4 Å². The van der Waals surface area contributed by atoms with Crippen LogP contribution < -0.4 is 19.8 Å². The summed E-state index contributed by atoms with van der Waals surface area (Å²) >= 11 is 0. The Morgan fingerprint density at radius 2 is 0.790 bits per heavy atom. The molecule has 0 spiro atoms. The van der Waals surface area contributed by atoms with Gasteiger partial charge < -0.3 is 19.7 Å². The van der Waals surface area contributed by atoms with E-state index < -0.39 is 20.2 Å². The molecule has 14 heteroatoms. The normalized spacial score (nSPS) is 10.9. The average molecular weight is 871 g/mol. The predicted octanol–water partition coefficient (Wildman–Crippen LogP) is 7.94. The Hall–Kier alpha value is -6.84. The first-order valence-electron chi connectivity index (χ1n) is 19.5. The molecule has 0 bridgehead atoms. The zero-order chi connectivity index (χ0) is 44.9. The van der Waals surface area contributed by atoms with Crippen LogP contribution in [0.15, 0.2) is 180 Å². The molecule has 62 heavy (non-hydrogen) atoms. The molecule has 318 valence electrons. The number of aromatic nitrogens is 2. The molecule has 0 aliphatic rings. The van der Waals surface area contributed by atoms with Gasteiger partial charge in [0.15, 0.2) is 12.4 Å². The van der Waals surface area contributed by atoms with E-state index in [9.17, 15) is 35.5 Å². The van der Waals surface area contributed by atoms with E-state index in [1.54, 1.807) is 48.5 Å². The van der Waals surface area contributed by atoms with Crippen LogP contribution in [0.3, 0.4) is 0 Å². The summed E-state index contributed by atoms with van der Waals surface area (Å²) < 4.78 is 66.7. The van der Waals surface area contributed by atoms with E-state index in [-0.39, 0.29) is 21.6 Å². The van der Waals surface area contributed by atoms with E-state index in [4.69, 9.17) is 0 Å². The molecule has 12 nitrogen and oxygen atoms in total. The average Bonchev–Trinajstić information content (AvgIpc) is 3.27. The van der Waals surface area contributed by atoms with Crippen molar-refractivity contribution < 1.29 is 44.7 Å². The maximum absolute atomic E-state index is 12.8. The van der Waals surface area contributed by atoms with Gasteiger partial charge in [-0.3, -0.25) is 9.59 Å². The zero-order valence-corrected chi connectivity index (χ0v) is 36.2. The van der Waals surface area contributed by atoms with Crippen molar-refractivity contribution in [1.82, 2.24) is 0 Å². The Morgan fingerprint density at radius 1 is 0.468 bits per heavy atom. The lowest BCUT2D eigenvalue weighted by Gasteiger charge is -2.09. The molecule has 2 N–H and O–H groups in total. The summed E-state index contributed by atoms with van der Waals surface area (Å²) in [6, 6.07) is 46.0. The molecule has 0 saturated heterocycles. The standard InChI is InChI=1S/C34H30N4O2.2C7H8O3S/c1-3-37-23-7-5-9-31(37)25-15-19-29(20-16-25)35-33(39)27-11-13-28(14-12-27)34(40)36-30-21-17-26(18-22-30)32-10-6-8-24-38(32)4-2;2*1-6-2-4-7(5-3-6)11(8,9)10/h5-24H,3-4H2,1-2H3;2*2-5H,1H3,(H,8,9,10). The fraction of sp³-hybridized carbons (Fsp3) is 0.125. The van der Waals surface area contributed by atoms with Crippen LogP contribution in [-0.2, 0) is 33.3 Å². The number of anilines is 2. The van der Waals surface area contributed by atoms with Gasteiger partial charge in [0.1, 0.15) is 33.3 Å². The number of amides is 2. The van der Waals surface area contributed by atoms with Crippen LogP contribution in [0.5, 0.6) is 0 Å². The lowest BCUT2D eigenvalue weighted by atomic mass is 10.1. The number of carbonyl (C=O) groups is 2.